The van der Waals surface area contributed by atoms with Crippen LogP contribution in [0, 0.1) is 0 Å². The maximum Gasteiger partial charge on any atom is 0.223 e. The molecule has 0 spiro atoms. The predicted molar refractivity (Wildman–Crippen MR) is 108 cm³/mol. The number of ether oxygens (including phenoxy) is 1. The Kier molecular flexibility index (Phi) is 5.21. The third-order valence-electron chi connectivity index (χ3n) is 4.97. The lowest BCUT2D eigenvalue weighted by Crippen LogP contribution is -2.36. The van der Waals surface area contributed by atoms with Gasteiger partial charge in [0.1, 0.15) is 5.75 Å². The largest absolute Gasteiger partial charge is 0.497 e. The summed E-state index contributed by atoms with van der Waals surface area (Å²) in [7, 11) is 1.66. The van der Waals surface area contributed by atoms with Crippen LogP contribution in [0.25, 0.3) is 11.3 Å². The molecule has 0 radical (unpaired) electrons. The average Bonchev–Trinajstić information content (AvgIpc) is 3.21. The van der Waals surface area contributed by atoms with E-state index in [4.69, 9.17) is 9.72 Å². The molecule has 2 heterocycles. The first-order valence-corrected chi connectivity index (χ1v) is 10.0. The van der Waals surface area contributed by atoms with Gasteiger partial charge in [-0.2, -0.15) is 0 Å². The quantitative estimate of drug-likeness (QED) is 0.663. The Morgan fingerprint density at radius 2 is 1.93 bits per heavy atom. The molecule has 1 amide bonds. The van der Waals surface area contributed by atoms with Crippen molar-refractivity contribution in [2.24, 2.45) is 0 Å². The summed E-state index contributed by atoms with van der Waals surface area (Å²) >= 11 is 1.62. The Bertz CT molecular complexity index is 933. The second-order valence-corrected chi connectivity index (χ2v) is 7.63. The predicted octanol–water partition coefficient (Wildman–Crippen LogP) is 4.34. The van der Waals surface area contributed by atoms with Gasteiger partial charge in [-0.25, -0.2) is 4.98 Å². The lowest BCUT2D eigenvalue weighted by atomic mass is 9.99. The van der Waals surface area contributed by atoms with E-state index in [9.17, 15) is 4.79 Å². The van der Waals surface area contributed by atoms with Gasteiger partial charge in [-0.15, -0.1) is 11.3 Å². The van der Waals surface area contributed by atoms with E-state index in [2.05, 4.69) is 23.6 Å². The van der Waals surface area contributed by atoms with Crippen molar-refractivity contribution in [1.82, 2.24) is 9.88 Å². The minimum atomic E-state index is 0.214. The Hall–Kier alpha value is -2.66. The Balaban J connectivity index is 1.35. The number of rotatable bonds is 5. The first-order chi connectivity index (χ1) is 13.2. The molecular formula is C22H22N2O2S. The molecule has 138 valence electrons. The minimum absolute atomic E-state index is 0.214. The lowest BCUT2D eigenvalue weighted by Gasteiger charge is -2.28. The van der Waals surface area contributed by atoms with Crippen molar-refractivity contribution < 1.29 is 9.53 Å². The van der Waals surface area contributed by atoms with Crippen LogP contribution in [0.5, 0.6) is 5.75 Å². The molecular weight excluding hydrogens is 356 g/mol. The summed E-state index contributed by atoms with van der Waals surface area (Å²) in [4.78, 5) is 19.3. The molecule has 0 fully saturated rings. The number of nitrogens with zero attached hydrogens (tertiary/aromatic N) is 2. The van der Waals surface area contributed by atoms with E-state index in [0.29, 0.717) is 12.8 Å². The number of benzene rings is 2. The second kappa shape index (κ2) is 7.92. The molecule has 4 nitrogen and oxygen atoms in total. The average molecular weight is 378 g/mol. The zero-order chi connectivity index (χ0) is 18.6. The Labute approximate surface area is 163 Å². The van der Waals surface area contributed by atoms with Gasteiger partial charge in [-0.1, -0.05) is 24.3 Å². The fraction of sp³-hybridized carbons (Fsp3) is 0.273. The molecule has 1 aromatic heterocycles. The second-order valence-electron chi connectivity index (χ2n) is 6.69. The summed E-state index contributed by atoms with van der Waals surface area (Å²) in [5, 5.41) is 3.06. The van der Waals surface area contributed by atoms with E-state index >= 15 is 0 Å². The van der Waals surface area contributed by atoms with E-state index in [1.165, 1.54) is 11.1 Å². The highest BCUT2D eigenvalue weighted by Gasteiger charge is 2.20. The standard InChI is InChI=1S/C22H22N2O2S/c1-26-19-8-6-17(7-9-19)20-15-27-21(23-20)10-11-22(25)24-13-12-16-4-2-3-5-18(16)14-24/h2-9,15H,10-14H2,1H3. The van der Waals surface area contributed by atoms with Crippen LogP contribution in [0.3, 0.4) is 0 Å². The number of fused-ring (bicyclic) bond motifs is 1. The van der Waals surface area contributed by atoms with Gasteiger partial charge in [0.05, 0.1) is 17.8 Å². The molecule has 4 rings (SSSR count). The summed E-state index contributed by atoms with van der Waals surface area (Å²) in [6.07, 6.45) is 2.15. The van der Waals surface area contributed by atoms with Crippen molar-refractivity contribution in [2.45, 2.75) is 25.8 Å². The molecule has 1 aliphatic heterocycles. The maximum atomic E-state index is 12.6. The summed E-state index contributed by atoms with van der Waals surface area (Å²) < 4.78 is 5.19. The van der Waals surface area contributed by atoms with E-state index in [1.807, 2.05) is 35.2 Å². The van der Waals surface area contributed by atoms with Crippen LogP contribution < -0.4 is 4.74 Å². The number of aromatic nitrogens is 1. The molecule has 0 atom stereocenters. The third-order valence-corrected chi connectivity index (χ3v) is 5.88. The fourth-order valence-electron chi connectivity index (χ4n) is 3.40. The van der Waals surface area contributed by atoms with Gasteiger partial charge in [0.2, 0.25) is 5.91 Å². The minimum Gasteiger partial charge on any atom is -0.497 e. The third kappa shape index (κ3) is 4.03. The highest BCUT2D eigenvalue weighted by Crippen LogP contribution is 2.25. The smallest absolute Gasteiger partial charge is 0.223 e. The van der Waals surface area contributed by atoms with Crippen molar-refractivity contribution in [3.8, 4) is 17.0 Å². The van der Waals surface area contributed by atoms with Crippen LogP contribution >= 0.6 is 11.3 Å². The number of thiazole rings is 1. The molecule has 0 saturated carbocycles. The van der Waals surface area contributed by atoms with Crippen LogP contribution in [-0.4, -0.2) is 29.4 Å². The number of amides is 1. The van der Waals surface area contributed by atoms with E-state index in [0.717, 1.165) is 41.5 Å². The Morgan fingerprint density at radius 3 is 2.70 bits per heavy atom. The molecule has 0 N–H and O–H groups in total. The van der Waals surface area contributed by atoms with Crippen molar-refractivity contribution >= 4 is 17.2 Å². The Morgan fingerprint density at radius 1 is 1.15 bits per heavy atom. The number of carbonyl (C=O) groups is 1. The van der Waals surface area contributed by atoms with Crippen LogP contribution in [-0.2, 0) is 24.2 Å². The lowest BCUT2D eigenvalue weighted by molar-refractivity contribution is -0.132. The van der Waals surface area contributed by atoms with Gasteiger partial charge in [0.25, 0.3) is 0 Å². The number of hydrogen-bond acceptors (Lipinski definition) is 4. The van der Waals surface area contributed by atoms with Crippen LogP contribution in [0.4, 0.5) is 0 Å². The van der Waals surface area contributed by atoms with Crippen molar-refractivity contribution in [3.63, 3.8) is 0 Å². The van der Waals surface area contributed by atoms with Crippen molar-refractivity contribution in [2.75, 3.05) is 13.7 Å². The van der Waals surface area contributed by atoms with Gasteiger partial charge in [0, 0.05) is 36.9 Å². The molecule has 1 aliphatic rings. The molecule has 0 unspecified atom stereocenters. The molecule has 3 aromatic rings. The highest BCUT2D eigenvalue weighted by molar-refractivity contribution is 7.09. The van der Waals surface area contributed by atoms with Crippen LogP contribution in [0.2, 0.25) is 0 Å². The zero-order valence-corrected chi connectivity index (χ0v) is 16.2. The van der Waals surface area contributed by atoms with Crippen LogP contribution in [0.1, 0.15) is 22.6 Å². The topological polar surface area (TPSA) is 42.4 Å². The normalized spacial score (nSPS) is 13.3. The fourth-order valence-corrected chi connectivity index (χ4v) is 4.21. The first kappa shape index (κ1) is 17.7. The molecule has 27 heavy (non-hydrogen) atoms. The van der Waals surface area contributed by atoms with E-state index in [1.54, 1.807) is 18.4 Å². The monoisotopic (exact) mass is 378 g/mol. The molecule has 0 aliphatic carbocycles. The zero-order valence-electron chi connectivity index (χ0n) is 15.4. The van der Waals surface area contributed by atoms with Crippen LogP contribution in [0.15, 0.2) is 53.9 Å². The van der Waals surface area contributed by atoms with E-state index < -0.39 is 0 Å². The van der Waals surface area contributed by atoms with Crippen molar-refractivity contribution in [1.29, 1.82) is 0 Å². The number of carbonyl (C=O) groups excluding carboxylic acids is 1. The summed E-state index contributed by atoms with van der Waals surface area (Å²) in [6, 6.07) is 16.3. The van der Waals surface area contributed by atoms with Gasteiger partial charge in [-0.3, -0.25) is 4.79 Å². The van der Waals surface area contributed by atoms with Crippen molar-refractivity contribution in [3.05, 3.63) is 70.0 Å². The maximum absolute atomic E-state index is 12.6. The van der Waals surface area contributed by atoms with E-state index in [-0.39, 0.29) is 5.91 Å². The molecule has 0 bridgehead atoms. The highest BCUT2D eigenvalue weighted by atomic mass is 32.1. The number of aryl methyl sites for hydroxylation is 1. The molecule has 2 aromatic carbocycles. The summed E-state index contributed by atoms with van der Waals surface area (Å²) in [5.41, 5.74) is 4.66. The molecule has 5 heteroatoms. The van der Waals surface area contributed by atoms with Gasteiger partial charge in [-0.05, 0) is 41.8 Å². The number of methoxy groups -OCH3 is 1. The summed E-state index contributed by atoms with van der Waals surface area (Å²) in [5.74, 6) is 1.05. The van der Waals surface area contributed by atoms with Gasteiger partial charge >= 0.3 is 0 Å². The molecule has 0 saturated heterocycles. The first-order valence-electron chi connectivity index (χ1n) is 9.16. The van der Waals surface area contributed by atoms with Gasteiger partial charge < -0.3 is 9.64 Å². The summed E-state index contributed by atoms with van der Waals surface area (Å²) in [6.45, 7) is 1.54. The number of hydrogen-bond donors (Lipinski definition) is 0. The van der Waals surface area contributed by atoms with Gasteiger partial charge in [0.15, 0.2) is 0 Å². The SMILES string of the molecule is COc1ccc(-c2csc(CCC(=O)N3CCc4ccccc4C3)n2)cc1.